The Morgan fingerprint density at radius 2 is 2.50 bits per heavy atom. The van der Waals surface area contributed by atoms with Crippen LogP contribution in [0.5, 0.6) is 0 Å². The maximum absolute atomic E-state index is 9.10. The van der Waals surface area contributed by atoms with Crippen molar-refractivity contribution in [1.29, 1.82) is 0 Å². The van der Waals surface area contributed by atoms with E-state index in [1.54, 1.807) is 11.3 Å². The Labute approximate surface area is 76.2 Å². The van der Waals surface area contributed by atoms with Gasteiger partial charge < -0.3 is 10.4 Å². The molecule has 2 heterocycles. The van der Waals surface area contributed by atoms with Crippen LogP contribution in [0.25, 0.3) is 0 Å². The lowest BCUT2D eigenvalue weighted by atomic mass is 9.92. The minimum absolute atomic E-state index is 0.299. The normalized spacial score (nSPS) is 29.4. The molecule has 2 nitrogen and oxygen atoms in total. The Morgan fingerprint density at radius 3 is 3.17 bits per heavy atom. The number of rotatable bonds is 2. The molecular formula is C9H13NOS. The van der Waals surface area contributed by atoms with Crippen molar-refractivity contribution in [3.05, 3.63) is 22.4 Å². The van der Waals surface area contributed by atoms with E-state index in [0.29, 0.717) is 18.4 Å². The van der Waals surface area contributed by atoms with Crippen LogP contribution in [0, 0.1) is 5.92 Å². The quantitative estimate of drug-likeness (QED) is 0.718. The molecule has 2 rings (SSSR count). The SMILES string of the molecule is OCC1CNCC1c1ccsc1. The van der Waals surface area contributed by atoms with Crippen LogP contribution in [0.2, 0.25) is 0 Å². The van der Waals surface area contributed by atoms with E-state index >= 15 is 0 Å². The molecule has 0 aliphatic carbocycles. The first-order valence-electron chi connectivity index (χ1n) is 4.25. The van der Waals surface area contributed by atoms with E-state index in [-0.39, 0.29) is 0 Å². The van der Waals surface area contributed by atoms with Crippen LogP contribution in [0.3, 0.4) is 0 Å². The summed E-state index contributed by atoms with van der Waals surface area (Å²) in [7, 11) is 0. The molecule has 12 heavy (non-hydrogen) atoms. The van der Waals surface area contributed by atoms with Crippen LogP contribution in [0.1, 0.15) is 11.5 Å². The van der Waals surface area contributed by atoms with Gasteiger partial charge in [0.1, 0.15) is 0 Å². The number of nitrogens with one attached hydrogen (secondary N) is 1. The Hall–Kier alpha value is -0.380. The largest absolute Gasteiger partial charge is 0.396 e. The summed E-state index contributed by atoms with van der Waals surface area (Å²) in [5.41, 5.74) is 1.38. The molecule has 0 amide bonds. The van der Waals surface area contributed by atoms with Gasteiger partial charge >= 0.3 is 0 Å². The summed E-state index contributed by atoms with van der Waals surface area (Å²) < 4.78 is 0. The van der Waals surface area contributed by atoms with Crippen LogP contribution < -0.4 is 5.32 Å². The van der Waals surface area contributed by atoms with Gasteiger partial charge in [0.15, 0.2) is 0 Å². The second kappa shape index (κ2) is 3.56. The van der Waals surface area contributed by atoms with Crippen molar-refractivity contribution in [3.8, 4) is 0 Å². The highest BCUT2D eigenvalue weighted by molar-refractivity contribution is 7.07. The summed E-state index contributed by atoms with van der Waals surface area (Å²) in [6.07, 6.45) is 0. The fraction of sp³-hybridized carbons (Fsp3) is 0.556. The van der Waals surface area contributed by atoms with Crippen molar-refractivity contribution < 1.29 is 5.11 Å². The van der Waals surface area contributed by atoms with Gasteiger partial charge in [-0.2, -0.15) is 11.3 Å². The van der Waals surface area contributed by atoms with E-state index in [0.717, 1.165) is 13.1 Å². The van der Waals surface area contributed by atoms with Crippen LogP contribution in [0.15, 0.2) is 16.8 Å². The fourth-order valence-corrected chi connectivity index (χ4v) is 2.53. The molecular weight excluding hydrogens is 170 g/mol. The lowest BCUT2D eigenvalue weighted by Gasteiger charge is -2.13. The topological polar surface area (TPSA) is 32.3 Å². The first-order valence-corrected chi connectivity index (χ1v) is 5.19. The van der Waals surface area contributed by atoms with Gasteiger partial charge in [-0.25, -0.2) is 0 Å². The Morgan fingerprint density at radius 1 is 1.58 bits per heavy atom. The highest BCUT2D eigenvalue weighted by Crippen LogP contribution is 2.28. The zero-order valence-corrected chi connectivity index (χ0v) is 7.68. The van der Waals surface area contributed by atoms with Crippen molar-refractivity contribution >= 4 is 11.3 Å². The van der Waals surface area contributed by atoms with Crippen LogP contribution in [0.4, 0.5) is 0 Å². The summed E-state index contributed by atoms with van der Waals surface area (Å²) in [4.78, 5) is 0. The minimum Gasteiger partial charge on any atom is -0.396 e. The molecule has 0 spiro atoms. The molecule has 1 aliphatic heterocycles. The molecule has 66 valence electrons. The van der Waals surface area contributed by atoms with Crippen molar-refractivity contribution in [3.63, 3.8) is 0 Å². The predicted molar refractivity (Wildman–Crippen MR) is 50.5 cm³/mol. The smallest absolute Gasteiger partial charge is 0.0477 e. The minimum atomic E-state index is 0.299. The number of hydrogen-bond acceptors (Lipinski definition) is 3. The Balaban J connectivity index is 2.13. The summed E-state index contributed by atoms with van der Waals surface area (Å²) in [6, 6.07) is 2.16. The van der Waals surface area contributed by atoms with Gasteiger partial charge in [0.25, 0.3) is 0 Å². The lowest BCUT2D eigenvalue weighted by Crippen LogP contribution is -2.14. The molecule has 3 heteroatoms. The van der Waals surface area contributed by atoms with Gasteiger partial charge in [0.05, 0.1) is 0 Å². The van der Waals surface area contributed by atoms with Crippen molar-refractivity contribution in [2.24, 2.45) is 5.92 Å². The molecule has 0 aromatic carbocycles. The number of aliphatic hydroxyl groups excluding tert-OH is 1. The van der Waals surface area contributed by atoms with Gasteiger partial charge in [-0.1, -0.05) is 0 Å². The van der Waals surface area contributed by atoms with E-state index in [4.69, 9.17) is 5.11 Å². The highest BCUT2D eigenvalue weighted by Gasteiger charge is 2.27. The monoisotopic (exact) mass is 183 g/mol. The summed E-state index contributed by atoms with van der Waals surface area (Å²) in [5.74, 6) is 0.945. The predicted octanol–water partition coefficient (Wildman–Crippen LogP) is 1.04. The molecule has 1 saturated heterocycles. The zero-order chi connectivity index (χ0) is 8.39. The third kappa shape index (κ3) is 1.40. The van der Waals surface area contributed by atoms with E-state index in [2.05, 4.69) is 22.1 Å². The molecule has 2 atom stereocenters. The summed E-state index contributed by atoms with van der Waals surface area (Å²) in [6.45, 7) is 2.27. The van der Waals surface area contributed by atoms with Crippen LogP contribution in [-0.4, -0.2) is 24.8 Å². The van der Waals surface area contributed by atoms with Crippen molar-refractivity contribution in [2.45, 2.75) is 5.92 Å². The van der Waals surface area contributed by atoms with E-state index in [9.17, 15) is 0 Å². The van der Waals surface area contributed by atoms with Gasteiger partial charge in [0, 0.05) is 31.5 Å². The summed E-state index contributed by atoms with van der Waals surface area (Å²) >= 11 is 1.73. The van der Waals surface area contributed by atoms with Crippen LogP contribution >= 0.6 is 11.3 Å². The molecule has 0 saturated carbocycles. The average Bonchev–Trinajstić information content (AvgIpc) is 2.74. The first-order chi connectivity index (χ1) is 5.92. The third-order valence-corrected chi connectivity index (χ3v) is 3.25. The lowest BCUT2D eigenvalue weighted by molar-refractivity contribution is 0.226. The maximum atomic E-state index is 9.10. The molecule has 1 aliphatic rings. The Bertz CT molecular complexity index is 235. The number of aliphatic hydroxyl groups is 1. The average molecular weight is 183 g/mol. The molecule has 1 aromatic heterocycles. The first kappa shape index (κ1) is 8.23. The molecule has 1 aromatic rings. The maximum Gasteiger partial charge on any atom is 0.0477 e. The second-order valence-electron chi connectivity index (χ2n) is 3.26. The standard InChI is InChI=1S/C9H13NOS/c11-5-8-3-10-4-9(8)7-1-2-12-6-7/h1-2,6,8-11H,3-5H2. The highest BCUT2D eigenvalue weighted by atomic mass is 32.1. The van der Waals surface area contributed by atoms with Crippen molar-refractivity contribution in [1.82, 2.24) is 5.32 Å². The van der Waals surface area contributed by atoms with Crippen LogP contribution in [-0.2, 0) is 0 Å². The van der Waals surface area contributed by atoms with E-state index in [1.165, 1.54) is 5.56 Å². The van der Waals surface area contributed by atoms with Gasteiger partial charge in [-0.05, 0) is 22.4 Å². The molecule has 0 bridgehead atoms. The molecule has 1 fully saturated rings. The molecule has 0 radical (unpaired) electrons. The number of hydrogen-bond donors (Lipinski definition) is 2. The van der Waals surface area contributed by atoms with E-state index < -0.39 is 0 Å². The van der Waals surface area contributed by atoms with Gasteiger partial charge in [0.2, 0.25) is 0 Å². The third-order valence-electron chi connectivity index (χ3n) is 2.55. The van der Waals surface area contributed by atoms with Crippen molar-refractivity contribution in [2.75, 3.05) is 19.7 Å². The number of thiophene rings is 1. The Kier molecular flexibility index (Phi) is 2.44. The zero-order valence-electron chi connectivity index (χ0n) is 6.86. The second-order valence-corrected chi connectivity index (χ2v) is 4.04. The van der Waals surface area contributed by atoms with E-state index in [1.807, 2.05) is 0 Å². The summed E-state index contributed by atoms with van der Waals surface area (Å²) in [5, 5.41) is 16.7. The molecule has 2 N–H and O–H groups in total. The van der Waals surface area contributed by atoms with Gasteiger partial charge in [-0.3, -0.25) is 0 Å². The fourth-order valence-electron chi connectivity index (χ4n) is 1.80. The molecule has 2 unspecified atom stereocenters. The van der Waals surface area contributed by atoms with Gasteiger partial charge in [-0.15, -0.1) is 0 Å².